The summed E-state index contributed by atoms with van der Waals surface area (Å²) in [5.74, 6) is 0.255. The summed E-state index contributed by atoms with van der Waals surface area (Å²) in [6.45, 7) is 6.43. The number of carbonyl (C=O) groups is 1. The van der Waals surface area contributed by atoms with Crippen molar-refractivity contribution in [2.75, 3.05) is 33.1 Å². The van der Waals surface area contributed by atoms with Crippen molar-refractivity contribution < 1.29 is 18.7 Å². The van der Waals surface area contributed by atoms with Crippen LogP contribution in [0, 0.1) is 0 Å². The number of benzene rings is 2. The van der Waals surface area contributed by atoms with Gasteiger partial charge in [-0.05, 0) is 70.8 Å². The number of fused-ring (bicyclic) bond motifs is 1. The first-order valence-electron chi connectivity index (χ1n) is 10.1. The predicted octanol–water partition coefficient (Wildman–Crippen LogP) is 4.25. The molecule has 1 N–H and O–H groups in total. The van der Waals surface area contributed by atoms with Crippen molar-refractivity contribution in [2.24, 2.45) is 0 Å². The number of nitrogens with zero attached hydrogens (tertiary/aromatic N) is 1. The fraction of sp³-hybridized carbons (Fsp3) is 0.333. The molecular formula is C24H28N2O5. The SMILES string of the molecule is CCOc1c(OC)ccc2cc(C(=O)Nc3ccc(C(C)(C)N(C)C)cc3)c(=O)oc12. The lowest BCUT2D eigenvalue weighted by molar-refractivity contribution is 0.102. The van der Waals surface area contributed by atoms with Crippen molar-refractivity contribution in [3.63, 3.8) is 0 Å². The molecule has 0 saturated carbocycles. The third-order valence-corrected chi connectivity index (χ3v) is 5.54. The van der Waals surface area contributed by atoms with Crippen LogP contribution >= 0.6 is 0 Å². The molecule has 2 aromatic carbocycles. The maximum atomic E-state index is 12.8. The monoisotopic (exact) mass is 424 g/mol. The number of carbonyl (C=O) groups excluding carboxylic acids is 1. The lowest BCUT2D eigenvalue weighted by Crippen LogP contribution is -2.35. The van der Waals surface area contributed by atoms with Crippen LogP contribution in [-0.2, 0) is 5.54 Å². The molecule has 0 aliphatic heterocycles. The zero-order valence-corrected chi connectivity index (χ0v) is 18.7. The van der Waals surface area contributed by atoms with Gasteiger partial charge in [-0.3, -0.25) is 4.79 Å². The van der Waals surface area contributed by atoms with E-state index in [1.807, 2.05) is 45.3 Å². The van der Waals surface area contributed by atoms with Gasteiger partial charge in [0.25, 0.3) is 5.91 Å². The third kappa shape index (κ3) is 4.41. The summed E-state index contributed by atoms with van der Waals surface area (Å²) in [6, 6.07) is 12.5. The average Bonchev–Trinajstić information content (AvgIpc) is 2.74. The van der Waals surface area contributed by atoms with E-state index in [1.54, 1.807) is 12.1 Å². The van der Waals surface area contributed by atoms with E-state index < -0.39 is 11.5 Å². The second-order valence-electron chi connectivity index (χ2n) is 7.88. The van der Waals surface area contributed by atoms with Crippen LogP contribution < -0.4 is 20.4 Å². The van der Waals surface area contributed by atoms with Crippen LogP contribution in [0.25, 0.3) is 11.0 Å². The number of hydrogen-bond donors (Lipinski definition) is 1. The highest BCUT2D eigenvalue weighted by Crippen LogP contribution is 2.35. The van der Waals surface area contributed by atoms with E-state index in [-0.39, 0.29) is 16.7 Å². The van der Waals surface area contributed by atoms with Crippen molar-refractivity contribution in [1.82, 2.24) is 4.90 Å². The minimum absolute atomic E-state index is 0.0854. The van der Waals surface area contributed by atoms with E-state index in [0.717, 1.165) is 5.56 Å². The zero-order chi connectivity index (χ0) is 22.8. The summed E-state index contributed by atoms with van der Waals surface area (Å²) in [7, 11) is 5.54. The maximum Gasteiger partial charge on any atom is 0.349 e. The Labute approximate surface area is 181 Å². The number of anilines is 1. The first-order chi connectivity index (χ1) is 14.7. The predicted molar refractivity (Wildman–Crippen MR) is 121 cm³/mol. The van der Waals surface area contributed by atoms with Crippen LogP contribution in [0.4, 0.5) is 5.69 Å². The van der Waals surface area contributed by atoms with Gasteiger partial charge in [0, 0.05) is 16.6 Å². The maximum absolute atomic E-state index is 12.8. The smallest absolute Gasteiger partial charge is 0.349 e. The molecule has 0 aliphatic carbocycles. The van der Waals surface area contributed by atoms with E-state index in [4.69, 9.17) is 13.9 Å². The Bertz CT molecular complexity index is 1150. The van der Waals surface area contributed by atoms with Gasteiger partial charge in [-0.2, -0.15) is 0 Å². The summed E-state index contributed by atoms with van der Waals surface area (Å²) in [5, 5.41) is 3.33. The standard InChI is InChI=1S/C24H28N2O5/c1-7-30-21-19(29-6)13-8-15-14-18(23(28)31-20(15)21)22(27)25-17-11-9-16(10-12-17)24(2,3)26(4)5/h8-14H,7H2,1-6H3,(H,25,27). The molecule has 164 valence electrons. The Morgan fingerprint density at radius 1 is 1.13 bits per heavy atom. The largest absolute Gasteiger partial charge is 0.493 e. The first kappa shape index (κ1) is 22.4. The molecule has 0 aliphatic rings. The van der Waals surface area contributed by atoms with Crippen molar-refractivity contribution >= 4 is 22.6 Å². The number of methoxy groups -OCH3 is 1. The number of amides is 1. The molecular weight excluding hydrogens is 396 g/mol. The second kappa shape index (κ2) is 8.81. The molecule has 0 atom stereocenters. The van der Waals surface area contributed by atoms with E-state index in [0.29, 0.717) is 29.2 Å². The quantitative estimate of drug-likeness (QED) is 0.571. The zero-order valence-electron chi connectivity index (χ0n) is 18.7. The van der Waals surface area contributed by atoms with E-state index >= 15 is 0 Å². The Kier molecular flexibility index (Phi) is 6.36. The summed E-state index contributed by atoms with van der Waals surface area (Å²) in [6.07, 6.45) is 0. The molecule has 0 radical (unpaired) electrons. The van der Waals surface area contributed by atoms with Gasteiger partial charge < -0.3 is 24.1 Å². The molecule has 3 rings (SSSR count). The molecule has 0 spiro atoms. The fourth-order valence-corrected chi connectivity index (χ4v) is 3.16. The van der Waals surface area contributed by atoms with Gasteiger partial charge in [0.05, 0.1) is 13.7 Å². The molecule has 7 nitrogen and oxygen atoms in total. The topological polar surface area (TPSA) is 81.0 Å². The van der Waals surface area contributed by atoms with Gasteiger partial charge in [0.1, 0.15) is 5.56 Å². The van der Waals surface area contributed by atoms with E-state index in [9.17, 15) is 9.59 Å². The van der Waals surface area contributed by atoms with Crippen molar-refractivity contribution in [2.45, 2.75) is 26.3 Å². The number of nitrogens with one attached hydrogen (secondary N) is 1. The summed E-state index contributed by atoms with van der Waals surface area (Å²) in [5.41, 5.74) is 0.965. The number of ether oxygens (including phenoxy) is 2. The van der Waals surface area contributed by atoms with Gasteiger partial charge in [0.15, 0.2) is 11.3 Å². The van der Waals surface area contributed by atoms with Crippen LogP contribution in [0.3, 0.4) is 0 Å². The van der Waals surface area contributed by atoms with Crippen LogP contribution in [-0.4, -0.2) is 38.6 Å². The van der Waals surface area contributed by atoms with Gasteiger partial charge in [0.2, 0.25) is 5.75 Å². The van der Waals surface area contributed by atoms with Crippen molar-refractivity contribution in [3.8, 4) is 11.5 Å². The molecule has 31 heavy (non-hydrogen) atoms. The third-order valence-electron chi connectivity index (χ3n) is 5.54. The lowest BCUT2D eigenvalue weighted by Gasteiger charge is -2.33. The van der Waals surface area contributed by atoms with Crippen LogP contribution in [0.1, 0.15) is 36.7 Å². The van der Waals surface area contributed by atoms with Gasteiger partial charge >= 0.3 is 5.63 Å². The molecule has 0 bridgehead atoms. The average molecular weight is 424 g/mol. The van der Waals surface area contributed by atoms with E-state index in [2.05, 4.69) is 24.1 Å². The number of hydrogen-bond acceptors (Lipinski definition) is 6. The Hall–Kier alpha value is -3.32. The van der Waals surface area contributed by atoms with E-state index in [1.165, 1.54) is 13.2 Å². The molecule has 1 aromatic heterocycles. The highest BCUT2D eigenvalue weighted by molar-refractivity contribution is 6.05. The normalized spacial score (nSPS) is 11.6. The lowest BCUT2D eigenvalue weighted by atomic mass is 9.93. The highest BCUT2D eigenvalue weighted by atomic mass is 16.5. The molecule has 7 heteroatoms. The van der Waals surface area contributed by atoms with Gasteiger partial charge in [-0.15, -0.1) is 0 Å². The minimum Gasteiger partial charge on any atom is -0.493 e. The fourth-order valence-electron chi connectivity index (χ4n) is 3.16. The van der Waals surface area contributed by atoms with Gasteiger partial charge in [-0.1, -0.05) is 12.1 Å². The minimum atomic E-state index is -0.746. The van der Waals surface area contributed by atoms with Crippen molar-refractivity contribution in [1.29, 1.82) is 0 Å². The second-order valence-corrected chi connectivity index (χ2v) is 7.88. The molecule has 1 heterocycles. The molecule has 3 aromatic rings. The molecule has 0 saturated heterocycles. The van der Waals surface area contributed by atoms with Crippen LogP contribution in [0.15, 0.2) is 51.7 Å². The van der Waals surface area contributed by atoms with Gasteiger partial charge in [-0.25, -0.2) is 4.79 Å². The Balaban J connectivity index is 1.91. The molecule has 0 fully saturated rings. The number of rotatable bonds is 7. The van der Waals surface area contributed by atoms with Crippen LogP contribution in [0.5, 0.6) is 11.5 Å². The molecule has 1 amide bonds. The van der Waals surface area contributed by atoms with Crippen LogP contribution in [0.2, 0.25) is 0 Å². The summed E-state index contributed by atoms with van der Waals surface area (Å²) < 4.78 is 16.3. The van der Waals surface area contributed by atoms with Crippen molar-refractivity contribution in [3.05, 3.63) is 64.0 Å². The highest BCUT2D eigenvalue weighted by Gasteiger charge is 2.23. The summed E-state index contributed by atoms with van der Waals surface area (Å²) >= 11 is 0. The Morgan fingerprint density at radius 3 is 2.39 bits per heavy atom. The Morgan fingerprint density at radius 2 is 1.81 bits per heavy atom. The first-order valence-corrected chi connectivity index (χ1v) is 10.1. The summed E-state index contributed by atoms with van der Waals surface area (Å²) in [4.78, 5) is 27.4. The molecule has 0 unspecified atom stereocenters.